The maximum atomic E-state index is 12.3. The largest absolute Gasteiger partial charge is 0.293 e. The summed E-state index contributed by atoms with van der Waals surface area (Å²) >= 11 is 6.69. The lowest BCUT2D eigenvalue weighted by molar-refractivity contribution is -0.122. The van der Waals surface area contributed by atoms with E-state index in [0.29, 0.717) is 16.8 Å². The van der Waals surface area contributed by atoms with Crippen molar-refractivity contribution in [3.05, 3.63) is 40.3 Å². The van der Waals surface area contributed by atoms with Crippen molar-refractivity contribution < 1.29 is 4.79 Å². The summed E-state index contributed by atoms with van der Waals surface area (Å²) < 4.78 is 0.667. The van der Waals surface area contributed by atoms with Gasteiger partial charge in [0.05, 0.1) is 4.91 Å². The Hall–Kier alpha value is -1.13. The van der Waals surface area contributed by atoms with Crippen molar-refractivity contribution in [2.45, 2.75) is 27.2 Å². The number of benzene rings is 1. The van der Waals surface area contributed by atoms with Crippen LogP contribution in [0.5, 0.6) is 0 Å². The predicted octanol–water partition coefficient (Wildman–Crippen LogP) is 4.11. The molecular formula is C16H19NOS2. The minimum Gasteiger partial charge on any atom is -0.293 e. The average Bonchev–Trinajstić information content (AvgIpc) is 2.67. The molecule has 1 amide bonds. The molecule has 4 heteroatoms. The average molecular weight is 305 g/mol. The monoisotopic (exact) mass is 305 g/mol. The van der Waals surface area contributed by atoms with Crippen LogP contribution in [0, 0.1) is 5.92 Å². The number of hydrogen-bond acceptors (Lipinski definition) is 3. The normalized spacial score (nSPS) is 17.6. The molecular weight excluding hydrogens is 286 g/mol. The third kappa shape index (κ3) is 3.49. The van der Waals surface area contributed by atoms with Gasteiger partial charge in [-0.05, 0) is 29.5 Å². The van der Waals surface area contributed by atoms with Gasteiger partial charge in [0.2, 0.25) is 0 Å². The number of carbonyl (C=O) groups excluding carboxylic acids is 1. The summed E-state index contributed by atoms with van der Waals surface area (Å²) in [6, 6.07) is 8.29. The highest BCUT2D eigenvalue weighted by Gasteiger charge is 2.32. The van der Waals surface area contributed by atoms with Crippen molar-refractivity contribution in [3.8, 4) is 0 Å². The lowest BCUT2D eigenvalue weighted by Crippen LogP contribution is -2.31. The van der Waals surface area contributed by atoms with Crippen LogP contribution in [0.2, 0.25) is 0 Å². The van der Waals surface area contributed by atoms with Crippen molar-refractivity contribution in [1.29, 1.82) is 0 Å². The van der Waals surface area contributed by atoms with Gasteiger partial charge in [-0.3, -0.25) is 9.69 Å². The fraction of sp³-hybridized carbons (Fsp3) is 0.375. The van der Waals surface area contributed by atoms with Crippen molar-refractivity contribution in [2.24, 2.45) is 5.92 Å². The molecule has 20 heavy (non-hydrogen) atoms. The second-order valence-electron chi connectivity index (χ2n) is 5.28. The van der Waals surface area contributed by atoms with Gasteiger partial charge in [-0.2, -0.15) is 0 Å². The summed E-state index contributed by atoms with van der Waals surface area (Å²) in [6.45, 7) is 7.00. The topological polar surface area (TPSA) is 20.3 Å². The summed E-state index contributed by atoms with van der Waals surface area (Å²) in [7, 11) is 0. The Morgan fingerprint density at radius 2 is 1.95 bits per heavy atom. The van der Waals surface area contributed by atoms with Gasteiger partial charge in [-0.15, -0.1) is 0 Å². The number of thiocarbonyl (C=S) groups is 1. The first-order chi connectivity index (χ1) is 9.51. The first-order valence-electron chi connectivity index (χ1n) is 6.85. The molecule has 1 aliphatic heterocycles. The Morgan fingerprint density at radius 3 is 2.50 bits per heavy atom. The molecule has 0 atom stereocenters. The molecule has 0 spiro atoms. The maximum absolute atomic E-state index is 12.3. The van der Waals surface area contributed by atoms with Crippen LogP contribution in [0.25, 0.3) is 6.08 Å². The summed E-state index contributed by atoms with van der Waals surface area (Å²) in [5.41, 5.74) is 2.35. The highest BCUT2D eigenvalue weighted by atomic mass is 32.2. The summed E-state index contributed by atoms with van der Waals surface area (Å²) in [5, 5.41) is 0. The van der Waals surface area contributed by atoms with Gasteiger partial charge in [0.15, 0.2) is 0 Å². The minimum absolute atomic E-state index is 0.0354. The Bertz CT molecular complexity index is 546. The van der Waals surface area contributed by atoms with Crippen LogP contribution < -0.4 is 0 Å². The number of aryl methyl sites for hydroxylation is 1. The number of amides is 1. The molecule has 1 heterocycles. The molecule has 0 unspecified atom stereocenters. The highest BCUT2D eigenvalue weighted by molar-refractivity contribution is 8.26. The van der Waals surface area contributed by atoms with Crippen molar-refractivity contribution in [3.63, 3.8) is 0 Å². The van der Waals surface area contributed by atoms with Crippen LogP contribution in [-0.4, -0.2) is 21.7 Å². The maximum Gasteiger partial charge on any atom is 0.266 e. The zero-order chi connectivity index (χ0) is 14.7. The zero-order valence-electron chi connectivity index (χ0n) is 12.1. The SMILES string of the molecule is CCc1ccc(/C=C2/SC(=S)N(CC(C)C)C2=O)cc1. The Kier molecular flexibility index (Phi) is 5.00. The number of rotatable bonds is 4. The second-order valence-corrected chi connectivity index (χ2v) is 6.96. The third-order valence-corrected chi connectivity index (χ3v) is 4.48. The summed E-state index contributed by atoms with van der Waals surface area (Å²) in [6.07, 6.45) is 2.95. The van der Waals surface area contributed by atoms with E-state index in [1.807, 2.05) is 18.2 Å². The van der Waals surface area contributed by atoms with E-state index in [0.717, 1.165) is 16.9 Å². The lowest BCUT2D eigenvalue weighted by atomic mass is 10.1. The minimum atomic E-state index is 0.0354. The fourth-order valence-corrected chi connectivity index (χ4v) is 3.30. The van der Waals surface area contributed by atoms with Crippen molar-refractivity contribution in [1.82, 2.24) is 4.90 Å². The molecule has 0 radical (unpaired) electrons. The van der Waals surface area contributed by atoms with E-state index < -0.39 is 0 Å². The molecule has 0 aromatic heterocycles. The van der Waals surface area contributed by atoms with E-state index in [4.69, 9.17) is 12.2 Å². The zero-order valence-corrected chi connectivity index (χ0v) is 13.7. The second kappa shape index (κ2) is 6.55. The molecule has 0 bridgehead atoms. The van der Waals surface area contributed by atoms with Crippen molar-refractivity contribution >= 4 is 40.3 Å². The van der Waals surface area contributed by atoms with Crippen LogP contribution in [0.1, 0.15) is 31.9 Å². The van der Waals surface area contributed by atoms with E-state index in [2.05, 4.69) is 32.9 Å². The Morgan fingerprint density at radius 1 is 1.30 bits per heavy atom. The lowest BCUT2D eigenvalue weighted by Gasteiger charge is -2.16. The van der Waals surface area contributed by atoms with Crippen molar-refractivity contribution in [2.75, 3.05) is 6.54 Å². The molecule has 0 N–H and O–H groups in total. The summed E-state index contributed by atoms with van der Waals surface area (Å²) in [4.78, 5) is 14.8. The van der Waals surface area contributed by atoms with Crippen LogP contribution in [-0.2, 0) is 11.2 Å². The van der Waals surface area contributed by atoms with E-state index in [9.17, 15) is 4.79 Å². The molecule has 2 rings (SSSR count). The molecule has 106 valence electrons. The van der Waals surface area contributed by atoms with Crippen LogP contribution >= 0.6 is 24.0 Å². The number of nitrogens with zero attached hydrogens (tertiary/aromatic N) is 1. The molecule has 0 saturated carbocycles. The van der Waals surface area contributed by atoms with Gasteiger partial charge in [-0.25, -0.2) is 0 Å². The van der Waals surface area contributed by atoms with E-state index in [1.54, 1.807) is 4.90 Å². The highest BCUT2D eigenvalue weighted by Crippen LogP contribution is 2.33. The fourth-order valence-electron chi connectivity index (χ4n) is 2.02. The van der Waals surface area contributed by atoms with E-state index in [-0.39, 0.29) is 5.91 Å². The van der Waals surface area contributed by atoms with Gasteiger partial charge in [-0.1, -0.05) is 69.0 Å². The molecule has 1 aromatic rings. The van der Waals surface area contributed by atoms with E-state index in [1.165, 1.54) is 17.3 Å². The molecule has 1 fully saturated rings. The third-order valence-electron chi connectivity index (χ3n) is 3.11. The number of thioether (sulfide) groups is 1. The van der Waals surface area contributed by atoms with Gasteiger partial charge in [0, 0.05) is 6.54 Å². The van der Waals surface area contributed by atoms with Gasteiger partial charge in [0.25, 0.3) is 5.91 Å². The summed E-state index contributed by atoms with van der Waals surface area (Å²) in [5.74, 6) is 0.453. The van der Waals surface area contributed by atoms with E-state index >= 15 is 0 Å². The van der Waals surface area contributed by atoms with Crippen LogP contribution in [0.15, 0.2) is 29.2 Å². The Labute approximate surface area is 130 Å². The van der Waals surface area contributed by atoms with Gasteiger partial charge >= 0.3 is 0 Å². The molecule has 1 aliphatic rings. The molecule has 1 saturated heterocycles. The smallest absolute Gasteiger partial charge is 0.266 e. The standard InChI is InChI=1S/C16H19NOS2/c1-4-12-5-7-13(8-6-12)9-14-15(18)17(10-11(2)3)16(19)20-14/h5-9,11H,4,10H2,1-3H3/b14-9+. The van der Waals surface area contributed by atoms with Crippen LogP contribution in [0.4, 0.5) is 0 Å². The first-order valence-corrected chi connectivity index (χ1v) is 8.08. The molecule has 1 aromatic carbocycles. The number of carbonyl (C=O) groups is 1. The number of hydrogen-bond donors (Lipinski definition) is 0. The Balaban J connectivity index is 2.18. The molecule has 2 nitrogen and oxygen atoms in total. The predicted molar refractivity (Wildman–Crippen MR) is 90.5 cm³/mol. The van der Waals surface area contributed by atoms with Crippen LogP contribution in [0.3, 0.4) is 0 Å². The van der Waals surface area contributed by atoms with Gasteiger partial charge < -0.3 is 0 Å². The molecule has 0 aliphatic carbocycles. The first kappa shape index (κ1) is 15.3. The quantitative estimate of drug-likeness (QED) is 0.617. The van der Waals surface area contributed by atoms with Gasteiger partial charge in [0.1, 0.15) is 4.32 Å².